The predicted molar refractivity (Wildman–Crippen MR) is 107 cm³/mol. The Balaban J connectivity index is 1.97. The van der Waals surface area contributed by atoms with Crippen molar-refractivity contribution < 1.29 is 18.0 Å². The third-order valence-electron chi connectivity index (χ3n) is 5.28. The molecule has 30 heavy (non-hydrogen) atoms. The zero-order chi connectivity index (χ0) is 22.1. The number of amides is 1. The molecule has 0 spiro atoms. The van der Waals surface area contributed by atoms with Crippen LogP contribution in [0, 0.1) is 0 Å². The number of unbranched alkanes of at least 4 members (excludes halogenated alkanes) is 1. The van der Waals surface area contributed by atoms with Crippen molar-refractivity contribution in [1.29, 1.82) is 0 Å². The van der Waals surface area contributed by atoms with Gasteiger partial charge in [0, 0.05) is 11.4 Å². The molecule has 1 amide bonds. The number of nitrogens with one attached hydrogen (secondary N) is 2. The lowest BCUT2D eigenvalue weighted by Crippen LogP contribution is -2.51. The molecule has 3 rings (SSSR count). The summed E-state index contributed by atoms with van der Waals surface area (Å²) in [7, 11) is 0. The average Bonchev–Trinajstić information content (AvgIpc) is 3.08. The van der Waals surface area contributed by atoms with Gasteiger partial charge in [0.25, 0.3) is 0 Å². The Hall–Kier alpha value is -2.13. The van der Waals surface area contributed by atoms with Crippen molar-refractivity contribution in [2.24, 2.45) is 0 Å². The van der Waals surface area contributed by atoms with Crippen molar-refractivity contribution in [2.75, 3.05) is 0 Å². The first-order valence-corrected chi connectivity index (χ1v) is 10.4. The maximum Gasteiger partial charge on any atom is 0.416 e. The quantitative estimate of drug-likeness (QED) is 0.694. The number of aromatic nitrogens is 3. The summed E-state index contributed by atoms with van der Waals surface area (Å²) in [6.45, 7) is 5.75. The molecule has 3 atom stereocenters. The number of benzene rings is 1. The topological polar surface area (TPSA) is 71.8 Å². The highest BCUT2D eigenvalue weighted by Gasteiger charge is 2.33. The van der Waals surface area contributed by atoms with Crippen LogP contribution in [0.5, 0.6) is 0 Å². The van der Waals surface area contributed by atoms with Crippen LogP contribution in [0.4, 0.5) is 13.2 Å². The van der Waals surface area contributed by atoms with Gasteiger partial charge in [-0.3, -0.25) is 10.1 Å². The highest BCUT2D eigenvalue weighted by molar-refractivity contribution is 6.31. The van der Waals surface area contributed by atoms with Crippen LogP contribution < -0.4 is 10.6 Å². The Morgan fingerprint density at radius 3 is 2.70 bits per heavy atom. The van der Waals surface area contributed by atoms with Crippen molar-refractivity contribution >= 4 is 17.5 Å². The first kappa shape index (κ1) is 22.6. The van der Waals surface area contributed by atoms with Gasteiger partial charge in [0.1, 0.15) is 5.69 Å². The van der Waals surface area contributed by atoms with Gasteiger partial charge >= 0.3 is 6.18 Å². The third kappa shape index (κ3) is 4.78. The first-order valence-electron chi connectivity index (χ1n) is 9.97. The number of hydrogen-bond acceptors (Lipinski definition) is 4. The molecule has 3 unspecified atom stereocenters. The molecule has 10 heteroatoms. The fourth-order valence-electron chi connectivity index (χ4n) is 3.73. The summed E-state index contributed by atoms with van der Waals surface area (Å²) < 4.78 is 40.6. The van der Waals surface area contributed by atoms with E-state index in [1.807, 2.05) is 13.8 Å². The standard InChI is InChI=1S/C20H25ClF3N5O/c1-4-5-6-17-19(16-10-18(30)26-12(3)25-16)27-28-29(17)11(2)14-8-7-13(9-15(14)21)20(22,23)24/h7-9,11-12,16,25H,4-6,10H2,1-3H3,(H,26,30). The van der Waals surface area contributed by atoms with Gasteiger partial charge in [0.2, 0.25) is 5.91 Å². The van der Waals surface area contributed by atoms with Crippen molar-refractivity contribution in [3.8, 4) is 0 Å². The highest BCUT2D eigenvalue weighted by atomic mass is 35.5. The molecule has 0 radical (unpaired) electrons. The van der Waals surface area contributed by atoms with E-state index >= 15 is 0 Å². The summed E-state index contributed by atoms with van der Waals surface area (Å²) in [5.41, 5.74) is 1.29. The van der Waals surface area contributed by atoms with Gasteiger partial charge in [-0.25, -0.2) is 4.68 Å². The van der Waals surface area contributed by atoms with Crippen LogP contribution in [0.3, 0.4) is 0 Å². The van der Waals surface area contributed by atoms with Gasteiger partial charge < -0.3 is 5.32 Å². The normalized spacial score (nSPS) is 20.8. The molecule has 2 N–H and O–H groups in total. The molecule has 0 saturated carbocycles. The minimum Gasteiger partial charge on any atom is -0.341 e. The van der Waals surface area contributed by atoms with Crippen molar-refractivity contribution in [3.05, 3.63) is 45.7 Å². The molecule has 1 fully saturated rings. The maximum absolute atomic E-state index is 13.0. The number of rotatable bonds is 6. The Labute approximate surface area is 178 Å². The maximum atomic E-state index is 13.0. The van der Waals surface area contributed by atoms with E-state index in [9.17, 15) is 18.0 Å². The van der Waals surface area contributed by atoms with E-state index in [1.54, 1.807) is 4.68 Å². The summed E-state index contributed by atoms with van der Waals surface area (Å²) in [6, 6.07) is 2.66. The fourth-order valence-corrected chi connectivity index (χ4v) is 4.07. The first-order chi connectivity index (χ1) is 14.1. The second-order valence-corrected chi connectivity index (χ2v) is 8.00. The molecule has 0 aliphatic carbocycles. The third-order valence-corrected chi connectivity index (χ3v) is 5.61. The molecule has 1 aliphatic rings. The smallest absolute Gasteiger partial charge is 0.341 e. The van der Waals surface area contributed by atoms with Gasteiger partial charge in [-0.2, -0.15) is 13.2 Å². The molecule has 2 aromatic rings. The lowest BCUT2D eigenvalue weighted by atomic mass is 10.0. The number of hydrogen-bond donors (Lipinski definition) is 2. The second-order valence-electron chi connectivity index (χ2n) is 7.59. The van der Waals surface area contributed by atoms with Crippen LogP contribution in [-0.2, 0) is 17.4 Å². The van der Waals surface area contributed by atoms with Gasteiger partial charge in [-0.05, 0) is 44.4 Å². The Kier molecular flexibility index (Phi) is 6.71. The van der Waals surface area contributed by atoms with Crippen molar-refractivity contribution in [3.63, 3.8) is 0 Å². The molecular formula is C20H25ClF3N5O. The zero-order valence-corrected chi connectivity index (χ0v) is 17.8. The summed E-state index contributed by atoms with van der Waals surface area (Å²) in [5, 5.41) is 14.8. The molecular weight excluding hydrogens is 419 g/mol. The van der Waals surface area contributed by atoms with Gasteiger partial charge in [0.05, 0.1) is 29.5 Å². The zero-order valence-electron chi connectivity index (χ0n) is 17.1. The van der Waals surface area contributed by atoms with Crippen LogP contribution >= 0.6 is 11.6 Å². The molecule has 164 valence electrons. The SMILES string of the molecule is CCCCc1c(C2CC(=O)NC(C)N2)nnn1C(C)c1ccc(C(F)(F)F)cc1Cl. The number of nitrogens with zero attached hydrogens (tertiary/aromatic N) is 3. The van der Waals surface area contributed by atoms with E-state index in [2.05, 4.69) is 27.9 Å². The minimum absolute atomic E-state index is 0.0274. The number of halogens is 4. The number of carbonyl (C=O) groups is 1. The molecule has 1 aromatic heterocycles. The van der Waals surface area contributed by atoms with E-state index in [0.717, 1.165) is 30.7 Å². The molecule has 0 bridgehead atoms. The van der Waals surface area contributed by atoms with E-state index < -0.39 is 17.8 Å². The van der Waals surface area contributed by atoms with E-state index in [1.165, 1.54) is 6.07 Å². The van der Waals surface area contributed by atoms with Crippen LogP contribution in [0.15, 0.2) is 18.2 Å². The van der Waals surface area contributed by atoms with Crippen molar-refractivity contribution in [1.82, 2.24) is 25.6 Å². The highest BCUT2D eigenvalue weighted by Crippen LogP contribution is 2.35. The summed E-state index contributed by atoms with van der Waals surface area (Å²) in [5.74, 6) is -0.0685. The monoisotopic (exact) mass is 443 g/mol. The lowest BCUT2D eigenvalue weighted by Gasteiger charge is -2.29. The fraction of sp³-hybridized carbons (Fsp3) is 0.550. The van der Waals surface area contributed by atoms with Crippen LogP contribution in [0.25, 0.3) is 0 Å². The van der Waals surface area contributed by atoms with E-state index in [0.29, 0.717) is 17.7 Å². The van der Waals surface area contributed by atoms with Crippen LogP contribution in [0.2, 0.25) is 5.02 Å². The number of carbonyl (C=O) groups excluding carboxylic acids is 1. The molecule has 6 nitrogen and oxygen atoms in total. The summed E-state index contributed by atoms with van der Waals surface area (Å²) >= 11 is 6.20. The van der Waals surface area contributed by atoms with Crippen molar-refractivity contribution in [2.45, 2.75) is 70.9 Å². The molecule has 2 heterocycles. The molecule has 1 aliphatic heterocycles. The van der Waals surface area contributed by atoms with Crippen LogP contribution in [-0.4, -0.2) is 27.1 Å². The van der Waals surface area contributed by atoms with E-state index in [4.69, 9.17) is 11.6 Å². The Morgan fingerprint density at radius 1 is 1.37 bits per heavy atom. The second kappa shape index (κ2) is 8.93. The summed E-state index contributed by atoms with van der Waals surface area (Å²) in [6.07, 6.45) is -1.87. The molecule has 1 saturated heterocycles. The largest absolute Gasteiger partial charge is 0.416 e. The lowest BCUT2D eigenvalue weighted by molar-refractivity contribution is -0.137. The predicted octanol–water partition coefficient (Wildman–Crippen LogP) is 4.40. The van der Waals surface area contributed by atoms with Gasteiger partial charge in [-0.1, -0.05) is 36.2 Å². The molecule has 1 aromatic carbocycles. The Morgan fingerprint density at radius 2 is 2.10 bits per heavy atom. The average molecular weight is 444 g/mol. The van der Waals surface area contributed by atoms with Gasteiger partial charge in [-0.15, -0.1) is 5.10 Å². The Bertz CT molecular complexity index is 914. The number of alkyl halides is 3. The summed E-state index contributed by atoms with van der Waals surface area (Å²) in [4.78, 5) is 12.0. The van der Waals surface area contributed by atoms with Gasteiger partial charge in [0.15, 0.2) is 0 Å². The van der Waals surface area contributed by atoms with E-state index in [-0.39, 0.29) is 29.6 Å². The van der Waals surface area contributed by atoms with Crippen LogP contribution in [0.1, 0.15) is 74.6 Å². The minimum atomic E-state index is -4.46.